The van der Waals surface area contributed by atoms with E-state index in [0.29, 0.717) is 22.8 Å². The fraction of sp³-hybridized carbons (Fsp3) is 0.200. The predicted octanol–water partition coefficient (Wildman–Crippen LogP) is 2.39. The molecule has 0 saturated carbocycles. The van der Waals surface area contributed by atoms with E-state index in [2.05, 4.69) is 10.1 Å². The molecule has 1 amide bonds. The van der Waals surface area contributed by atoms with Gasteiger partial charge in [-0.2, -0.15) is 0 Å². The van der Waals surface area contributed by atoms with E-state index in [1.165, 1.54) is 13.4 Å². The minimum Gasteiger partial charge on any atom is -0.482 e. The van der Waals surface area contributed by atoms with Gasteiger partial charge in [0.15, 0.2) is 6.61 Å². The van der Waals surface area contributed by atoms with Crippen LogP contribution in [0, 0.1) is 6.92 Å². The van der Waals surface area contributed by atoms with Crippen molar-refractivity contribution in [2.75, 3.05) is 19.0 Å². The number of hydrogen-bond acceptors (Lipinski definition) is 5. The molecule has 6 nitrogen and oxygen atoms in total. The number of esters is 1. The number of ether oxygens (including phenoxy) is 2. The zero-order chi connectivity index (χ0) is 15.2. The van der Waals surface area contributed by atoms with Gasteiger partial charge in [-0.3, -0.25) is 4.79 Å². The third kappa shape index (κ3) is 3.85. The number of amides is 1. The maximum Gasteiger partial charge on any atom is 0.343 e. The van der Waals surface area contributed by atoms with Gasteiger partial charge in [0.05, 0.1) is 18.9 Å². The first-order chi connectivity index (χ1) is 10.1. The molecule has 21 heavy (non-hydrogen) atoms. The van der Waals surface area contributed by atoms with Crippen molar-refractivity contribution in [1.29, 1.82) is 0 Å². The number of furan rings is 1. The summed E-state index contributed by atoms with van der Waals surface area (Å²) in [7, 11) is 1.29. The van der Waals surface area contributed by atoms with E-state index >= 15 is 0 Å². The molecule has 2 aromatic rings. The molecule has 0 bridgehead atoms. The Bertz CT molecular complexity index is 630. The first-order valence-corrected chi connectivity index (χ1v) is 6.25. The van der Waals surface area contributed by atoms with E-state index < -0.39 is 5.97 Å². The van der Waals surface area contributed by atoms with Crippen molar-refractivity contribution in [2.45, 2.75) is 6.92 Å². The van der Waals surface area contributed by atoms with Gasteiger partial charge in [-0.05, 0) is 37.3 Å². The highest BCUT2D eigenvalue weighted by Crippen LogP contribution is 2.17. The van der Waals surface area contributed by atoms with E-state index in [-0.39, 0.29) is 12.5 Å². The van der Waals surface area contributed by atoms with Crippen LogP contribution < -0.4 is 10.1 Å². The highest BCUT2D eigenvalue weighted by atomic mass is 16.6. The molecule has 1 aromatic heterocycles. The molecule has 0 aliphatic heterocycles. The van der Waals surface area contributed by atoms with Gasteiger partial charge in [-0.1, -0.05) is 0 Å². The normalized spacial score (nSPS) is 10.0. The summed E-state index contributed by atoms with van der Waals surface area (Å²) in [5, 5.41) is 2.74. The molecular weight excluding hydrogens is 274 g/mol. The van der Waals surface area contributed by atoms with E-state index in [4.69, 9.17) is 9.15 Å². The van der Waals surface area contributed by atoms with Gasteiger partial charge in [0.1, 0.15) is 11.5 Å². The Hall–Kier alpha value is -2.76. The maximum absolute atomic E-state index is 12.0. The molecule has 1 aromatic carbocycles. The standard InChI is InChI=1S/C15H15NO5/c1-10-13(7-8-20-10)15(18)16-11-3-5-12(6-4-11)21-9-14(17)19-2/h3-8H,9H2,1-2H3,(H,16,18). The average Bonchev–Trinajstić information content (AvgIpc) is 2.92. The number of benzene rings is 1. The van der Waals surface area contributed by atoms with Crippen molar-refractivity contribution in [3.8, 4) is 5.75 Å². The van der Waals surface area contributed by atoms with Gasteiger partial charge in [0.25, 0.3) is 5.91 Å². The van der Waals surface area contributed by atoms with Crippen LogP contribution in [-0.4, -0.2) is 25.6 Å². The first kappa shape index (κ1) is 14.6. The number of anilines is 1. The molecule has 1 N–H and O–H groups in total. The minimum absolute atomic E-state index is 0.156. The van der Waals surface area contributed by atoms with Crippen LogP contribution >= 0.6 is 0 Å². The van der Waals surface area contributed by atoms with Gasteiger partial charge in [0, 0.05) is 5.69 Å². The second kappa shape index (κ2) is 6.60. The second-order valence-corrected chi connectivity index (χ2v) is 4.23. The maximum atomic E-state index is 12.0. The van der Waals surface area contributed by atoms with Crippen molar-refractivity contribution >= 4 is 17.6 Å². The molecule has 110 valence electrons. The summed E-state index contributed by atoms with van der Waals surface area (Å²) >= 11 is 0. The summed E-state index contributed by atoms with van der Waals surface area (Å²) in [6.07, 6.45) is 1.47. The van der Waals surface area contributed by atoms with Crippen LogP contribution in [0.4, 0.5) is 5.69 Å². The third-order valence-electron chi connectivity index (χ3n) is 2.80. The molecule has 6 heteroatoms. The Morgan fingerprint density at radius 2 is 1.90 bits per heavy atom. The van der Waals surface area contributed by atoms with Crippen molar-refractivity contribution < 1.29 is 23.5 Å². The van der Waals surface area contributed by atoms with Gasteiger partial charge in [0.2, 0.25) is 0 Å². The lowest BCUT2D eigenvalue weighted by atomic mass is 10.2. The number of carbonyl (C=O) groups excluding carboxylic acids is 2. The first-order valence-electron chi connectivity index (χ1n) is 6.25. The zero-order valence-corrected chi connectivity index (χ0v) is 11.7. The molecule has 0 aliphatic carbocycles. The molecule has 0 radical (unpaired) electrons. The lowest BCUT2D eigenvalue weighted by molar-refractivity contribution is -0.142. The molecule has 2 rings (SSSR count). The van der Waals surface area contributed by atoms with Crippen LogP contribution in [0.5, 0.6) is 5.75 Å². The number of nitrogens with one attached hydrogen (secondary N) is 1. The number of rotatable bonds is 5. The summed E-state index contributed by atoms with van der Waals surface area (Å²) in [6, 6.07) is 8.28. The van der Waals surface area contributed by atoms with Crippen LogP contribution in [0.1, 0.15) is 16.1 Å². The van der Waals surface area contributed by atoms with E-state index in [0.717, 1.165) is 0 Å². The molecule has 0 atom stereocenters. The summed E-state index contributed by atoms with van der Waals surface area (Å²) in [5.41, 5.74) is 1.10. The largest absolute Gasteiger partial charge is 0.482 e. The fourth-order valence-corrected chi connectivity index (χ4v) is 1.65. The van der Waals surface area contributed by atoms with Crippen LogP contribution in [0.15, 0.2) is 41.0 Å². The Labute approximate surface area is 121 Å². The van der Waals surface area contributed by atoms with Crippen LogP contribution in [0.2, 0.25) is 0 Å². The fourth-order valence-electron chi connectivity index (χ4n) is 1.65. The van der Waals surface area contributed by atoms with Crippen LogP contribution in [0.3, 0.4) is 0 Å². The summed E-state index contributed by atoms with van der Waals surface area (Å²) in [4.78, 5) is 22.9. The van der Waals surface area contributed by atoms with Crippen molar-refractivity contribution in [1.82, 2.24) is 0 Å². The highest BCUT2D eigenvalue weighted by molar-refractivity contribution is 6.04. The molecule has 0 unspecified atom stereocenters. The lowest BCUT2D eigenvalue weighted by Crippen LogP contribution is -2.13. The second-order valence-electron chi connectivity index (χ2n) is 4.23. The number of aryl methyl sites for hydroxylation is 1. The number of carbonyl (C=O) groups is 2. The quantitative estimate of drug-likeness (QED) is 0.855. The van der Waals surface area contributed by atoms with Crippen LogP contribution in [0.25, 0.3) is 0 Å². The SMILES string of the molecule is COC(=O)COc1ccc(NC(=O)c2ccoc2C)cc1. The summed E-state index contributed by atoms with van der Waals surface area (Å²) in [5.74, 6) is 0.371. The van der Waals surface area contributed by atoms with Crippen molar-refractivity contribution in [3.63, 3.8) is 0 Å². The predicted molar refractivity (Wildman–Crippen MR) is 75.4 cm³/mol. The third-order valence-corrected chi connectivity index (χ3v) is 2.80. The minimum atomic E-state index is -0.456. The summed E-state index contributed by atoms with van der Waals surface area (Å²) < 4.78 is 14.8. The smallest absolute Gasteiger partial charge is 0.343 e. The van der Waals surface area contributed by atoms with Gasteiger partial charge >= 0.3 is 5.97 Å². The zero-order valence-electron chi connectivity index (χ0n) is 11.7. The topological polar surface area (TPSA) is 77.8 Å². The van der Waals surface area contributed by atoms with Crippen LogP contribution in [-0.2, 0) is 9.53 Å². The van der Waals surface area contributed by atoms with Gasteiger partial charge < -0.3 is 19.2 Å². The Balaban J connectivity index is 1.95. The molecule has 1 heterocycles. The highest BCUT2D eigenvalue weighted by Gasteiger charge is 2.11. The van der Waals surface area contributed by atoms with Gasteiger partial charge in [-0.15, -0.1) is 0 Å². The number of methoxy groups -OCH3 is 1. The van der Waals surface area contributed by atoms with E-state index in [9.17, 15) is 9.59 Å². The summed E-state index contributed by atoms with van der Waals surface area (Å²) in [6.45, 7) is 1.56. The molecule has 0 aliphatic rings. The monoisotopic (exact) mass is 289 g/mol. The molecule has 0 saturated heterocycles. The molecule has 0 fully saturated rings. The Morgan fingerprint density at radius 3 is 2.48 bits per heavy atom. The Kier molecular flexibility index (Phi) is 4.61. The molecule has 0 spiro atoms. The van der Waals surface area contributed by atoms with Gasteiger partial charge in [-0.25, -0.2) is 4.79 Å². The average molecular weight is 289 g/mol. The number of hydrogen-bond donors (Lipinski definition) is 1. The van der Waals surface area contributed by atoms with E-state index in [1.807, 2.05) is 0 Å². The Morgan fingerprint density at radius 1 is 1.19 bits per heavy atom. The lowest BCUT2D eigenvalue weighted by Gasteiger charge is -2.07. The van der Waals surface area contributed by atoms with E-state index in [1.54, 1.807) is 37.3 Å². The molecular formula is C15H15NO5. The van der Waals surface area contributed by atoms with Crippen molar-refractivity contribution in [2.24, 2.45) is 0 Å². The van der Waals surface area contributed by atoms with Crippen molar-refractivity contribution in [3.05, 3.63) is 47.9 Å².